The van der Waals surface area contributed by atoms with Gasteiger partial charge in [-0.25, -0.2) is 0 Å². The number of fused-ring (bicyclic) bond motifs is 1. The number of rotatable bonds is 8. The second kappa shape index (κ2) is 8.36. The van der Waals surface area contributed by atoms with E-state index in [1.54, 1.807) is 12.1 Å². The number of nitrogens with zero attached hydrogens (tertiary/aromatic N) is 2. The summed E-state index contributed by atoms with van der Waals surface area (Å²) in [6, 6.07) is 15.0. The second-order valence-electron chi connectivity index (χ2n) is 8.12. The fourth-order valence-corrected chi connectivity index (χ4v) is 4.46. The van der Waals surface area contributed by atoms with Crippen LogP contribution in [0.1, 0.15) is 23.6 Å². The molecule has 1 heterocycles. The van der Waals surface area contributed by atoms with Crippen molar-refractivity contribution in [2.24, 2.45) is 17.8 Å². The number of piperidine rings is 1. The minimum Gasteiger partial charge on any atom is -0.658 e. The highest BCUT2D eigenvalue weighted by Crippen LogP contribution is 2.52. The Bertz CT molecular complexity index is 810. The molecule has 2 aromatic carbocycles. The minimum absolute atomic E-state index is 0.184. The van der Waals surface area contributed by atoms with Crippen molar-refractivity contribution in [1.29, 1.82) is 0 Å². The molecule has 1 saturated heterocycles. The summed E-state index contributed by atoms with van der Waals surface area (Å²) in [6.07, 6.45) is -3.59. The van der Waals surface area contributed by atoms with E-state index >= 15 is 0 Å². The first-order chi connectivity index (χ1) is 13.9. The smallest absolute Gasteiger partial charge is 0.573 e. The highest BCUT2D eigenvalue weighted by Gasteiger charge is 2.52. The van der Waals surface area contributed by atoms with Crippen LogP contribution in [-0.4, -0.2) is 30.9 Å². The molecule has 0 radical (unpaired) electrons. The highest BCUT2D eigenvalue weighted by atomic mass is 19.4. The SMILES string of the molecule is CCc1ccc(CN2CC3C(C[N-]Cc4cccc(OC(F)(F)F)c4)C3C2)cc1. The third-order valence-corrected chi connectivity index (χ3v) is 6.05. The van der Waals surface area contributed by atoms with E-state index in [0.717, 1.165) is 38.2 Å². The molecule has 2 fully saturated rings. The molecule has 6 heteroatoms. The molecule has 0 aromatic heterocycles. The lowest BCUT2D eigenvalue weighted by Crippen LogP contribution is -2.24. The summed E-state index contributed by atoms with van der Waals surface area (Å²) >= 11 is 0. The maximum absolute atomic E-state index is 12.3. The molecule has 2 atom stereocenters. The van der Waals surface area contributed by atoms with Crippen molar-refractivity contribution in [3.63, 3.8) is 0 Å². The van der Waals surface area contributed by atoms with Gasteiger partial charge in [0.25, 0.3) is 0 Å². The van der Waals surface area contributed by atoms with E-state index in [2.05, 4.69) is 46.1 Å². The van der Waals surface area contributed by atoms with Gasteiger partial charge in [-0.3, -0.25) is 4.90 Å². The Hall–Kier alpha value is -2.05. The molecule has 0 N–H and O–H groups in total. The van der Waals surface area contributed by atoms with Crippen LogP contribution in [0.2, 0.25) is 0 Å². The van der Waals surface area contributed by atoms with Crippen LogP contribution >= 0.6 is 0 Å². The zero-order valence-corrected chi connectivity index (χ0v) is 16.5. The Morgan fingerprint density at radius 2 is 1.69 bits per heavy atom. The number of benzene rings is 2. The number of ether oxygens (including phenoxy) is 1. The van der Waals surface area contributed by atoms with Crippen molar-refractivity contribution < 1.29 is 17.9 Å². The van der Waals surface area contributed by atoms with Crippen molar-refractivity contribution in [2.45, 2.75) is 32.8 Å². The first kappa shape index (κ1) is 20.2. The standard InChI is InChI=1S/C23H26F3N2O/c1-2-16-6-8-17(9-7-16)13-28-14-21-20(22(21)15-28)12-27-11-18-4-3-5-19(10-18)29-23(24,25)26/h3-10,20-22H,2,11-15H2,1H3/q-1. The predicted molar refractivity (Wildman–Crippen MR) is 107 cm³/mol. The van der Waals surface area contributed by atoms with Crippen LogP contribution in [0, 0.1) is 17.8 Å². The molecule has 2 aromatic rings. The van der Waals surface area contributed by atoms with E-state index in [9.17, 15) is 13.2 Å². The molecule has 156 valence electrons. The van der Waals surface area contributed by atoms with Crippen LogP contribution in [-0.2, 0) is 19.5 Å². The lowest BCUT2D eigenvalue weighted by atomic mass is 10.1. The maximum atomic E-state index is 12.3. The van der Waals surface area contributed by atoms with E-state index in [1.165, 1.54) is 23.3 Å². The van der Waals surface area contributed by atoms with Crippen molar-refractivity contribution in [3.05, 3.63) is 70.5 Å². The summed E-state index contributed by atoms with van der Waals surface area (Å²) in [5.41, 5.74) is 3.48. The van der Waals surface area contributed by atoms with E-state index in [-0.39, 0.29) is 5.75 Å². The van der Waals surface area contributed by atoms with Gasteiger partial charge < -0.3 is 10.1 Å². The molecule has 29 heavy (non-hydrogen) atoms. The largest absolute Gasteiger partial charge is 0.658 e. The highest BCUT2D eigenvalue weighted by molar-refractivity contribution is 5.30. The van der Waals surface area contributed by atoms with Crippen LogP contribution in [0.4, 0.5) is 13.2 Å². The number of likely N-dealkylation sites (tertiary alicyclic amines) is 1. The van der Waals surface area contributed by atoms with Gasteiger partial charge in [0.1, 0.15) is 5.75 Å². The predicted octanol–water partition coefficient (Wildman–Crippen LogP) is 5.40. The van der Waals surface area contributed by atoms with Crippen LogP contribution in [0.15, 0.2) is 48.5 Å². The monoisotopic (exact) mass is 403 g/mol. The van der Waals surface area contributed by atoms with Crippen molar-refractivity contribution in [3.8, 4) is 5.75 Å². The Balaban J connectivity index is 1.18. The number of alkyl halides is 3. The molecule has 2 unspecified atom stereocenters. The topological polar surface area (TPSA) is 26.6 Å². The quantitative estimate of drug-likeness (QED) is 0.590. The van der Waals surface area contributed by atoms with Gasteiger partial charge in [-0.1, -0.05) is 54.8 Å². The molecule has 1 aliphatic carbocycles. The summed E-state index contributed by atoms with van der Waals surface area (Å²) in [4.78, 5) is 2.52. The van der Waals surface area contributed by atoms with Gasteiger partial charge in [0, 0.05) is 19.6 Å². The molecule has 4 rings (SSSR count). The molecular formula is C23H26F3N2O-. The number of hydrogen-bond donors (Lipinski definition) is 0. The first-order valence-corrected chi connectivity index (χ1v) is 10.2. The average molecular weight is 403 g/mol. The van der Waals surface area contributed by atoms with E-state index in [4.69, 9.17) is 0 Å². The lowest BCUT2D eigenvalue weighted by molar-refractivity contribution is -0.274. The molecule has 1 aliphatic heterocycles. The fraction of sp³-hybridized carbons (Fsp3) is 0.478. The molecule has 0 bridgehead atoms. The molecular weight excluding hydrogens is 377 g/mol. The fourth-order valence-electron chi connectivity index (χ4n) is 4.46. The maximum Gasteiger partial charge on any atom is 0.573 e. The van der Waals surface area contributed by atoms with Crippen molar-refractivity contribution in [1.82, 2.24) is 4.90 Å². The van der Waals surface area contributed by atoms with E-state index in [0.29, 0.717) is 24.3 Å². The minimum atomic E-state index is -4.66. The normalized spacial score (nSPS) is 23.8. The Labute approximate surface area is 169 Å². The summed E-state index contributed by atoms with van der Waals surface area (Å²) in [7, 11) is 0. The van der Waals surface area contributed by atoms with Gasteiger partial charge in [0.05, 0.1) is 0 Å². The second-order valence-corrected chi connectivity index (χ2v) is 8.12. The molecule has 1 saturated carbocycles. The molecule has 0 amide bonds. The lowest BCUT2D eigenvalue weighted by Gasteiger charge is -2.24. The summed E-state index contributed by atoms with van der Waals surface area (Å²) < 4.78 is 40.9. The van der Waals surface area contributed by atoms with Gasteiger partial charge in [-0.05, 0) is 41.5 Å². The van der Waals surface area contributed by atoms with Gasteiger partial charge in [0.2, 0.25) is 0 Å². The zero-order chi connectivity index (χ0) is 20.4. The number of halogens is 3. The Morgan fingerprint density at radius 1 is 1.00 bits per heavy atom. The third kappa shape index (κ3) is 5.31. The molecule has 0 spiro atoms. The van der Waals surface area contributed by atoms with Crippen LogP contribution in [0.5, 0.6) is 5.75 Å². The third-order valence-electron chi connectivity index (χ3n) is 6.05. The molecule has 3 nitrogen and oxygen atoms in total. The van der Waals surface area contributed by atoms with E-state index < -0.39 is 6.36 Å². The summed E-state index contributed by atoms with van der Waals surface area (Å²) in [5, 5.41) is 4.60. The van der Waals surface area contributed by atoms with Gasteiger partial charge in [0.15, 0.2) is 0 Å². The summed E-state index contributed by atoms with van der Waals surface area (Å²) in [5.74, 6) is 1.88. The van der Waals surface area contributed by atoms with Crippen LogP contribution < -0.4 is 4.74 Å². The van der Waals surface area contributed by atoms with Gasteiger partial charge in [-0.15, -0.1) is 26.3 Å². The average Bonchev–Trinajstić information content (AvgIpc) is 3.12. The first-order valence-electron chi connectivity index (χ1n) is 10.2. The Morgan fingerprint density at radius 3 is 2.34 bits per heavy atom. The Kier molecular flexibility index (Phi) is 5.83. The summed E-state index contributed by atoms with van der Waals surface area (Å²) in [6.45, 7) is 6.63. The van der Waals surface area contributed by atoms with Gasteiger partial charge in [-0.2, -0.15) is 0 Å². The van der Waals surface area contributed by atoms with Crippen LogP contribution in [0.3, 0.4) is 0 Å². The van der Waals surface area contributed by atoms with Crippen molar-refractivity contribution >= 4 is 0 Å². The number of hydrogen-bond acceptors (Lipinski definition) is 2. The van der Waals surface area contributed by atoms with E-state index in [1.807, 2.05) is 0 Å². The number of aryl methyl sites for hydroxylation is 1. The van der Waals surface area contributed by atoms with Crippen LogP contribution in [0.25, 0.3) is 5.32 Å². The van der Waals surface area contributed by atoms with Gasteiger partial charge >= 0.3 is 6.36 Å². The van der Waals surface area contributed by atoms with Crippen molar-refractivity contribution in [2.75, 3.05) is 19.6 Å². The zero-order valence-electron chi connectivity index (χ0n) is 16.5. The molecule has 2 aliphatic rings.